The van der Waals surface area contributed by atoms with Gasteiger partial charge in [-0.1, -0.05) is 0 Å². The van der Waals surface area contributed by atoms with Gasteiger partial charge in [0.25, 0.3) is 0 Å². The van der Waals surface area contributed by atoms with Gasteiger partial charge in [0.05, 0.1) is 0 Å². The van der Waals surface area contributed by atoms with E-state index in [1.807, 2.05) is 5.01 Å². The normalized spacial score (nSPS) is 19.0. The van der Waals surface area contributed by atoms with Crippen molar-refractivity contribution in [3.05, 3.63) is 0 Å². The minimum Gasteiger partial charge on any atom is -0.345 e. The zero-order valence-electron chi connectivity index (χ0n) is 8.72. The summed E-state index contributed by atoms with van der Waals surface area (Å²) in [5.41, 5.74) is 0. The van der Waals surface area contributed by atoms with Crippen molar-refractivity contribution in [2.24, 2.45) is 0 Å². The van der Waals surface area contributed by atoms with Crippen molar-refractivity contribution in [3.8, 4) is 0 Å². The number of carbonyl (C=O) groups is 2. The fourth-order valence-corrected chi connectivity index (χ4v) is 1.73. The standard InChI is InChI=1S/C9H17N3O2/c1-10(7-13)9-3-5-12(6-4-9)11(2)8-14/h7-9H,3-6H2,1-2H3. The van der Waals surface area contributed by atoms with Crippen LogP contribution in [0.2, 0.25) is 0 Å². The van der Waals surface area contributed by atoms with E-state index in [-0.39, 0.29) is 0 Å². The first kappa shape index (κ1) is 11.0. The molecule has 1 aliphatic heterocycles. The Labute approximate surface area is 84.2 Å². The van der Waals surface area contributed by atoms with Crippen LogP contribution in [0.5, 0.6) is 0 Å². The highest BCUT2D eigenvalue weighted by Gasteiger charge is 2.23. The molecule has 2 amide bonds. The minimum absolute atomic E-state index is 0.323. The molecule has 0 N–H and O–H groups in total. The lowest BCUT2D eigenvalue weighted by molar-refractivity contribution is -0.135. The summed E-state index contributed by atoms with van der Waals surface area (Å²) in [5, 5.41) is 3.55. The van der Waals surface area contributed by atoms with Crippen LogP contribution in [0.3, 0.4) is 0 Å². The average molecular weight is 199 g/mol. The van der Waals surface area contributed by atoms with Crippen LogP contribution < -0.4 is 0 Å². The Morgan fingerprint density at radius 1 is 1.14 bits per heavy atom. The second-order valence-corrected chi connectivity index (χ2v) is 3.63. The Hall–Kier alpha value is -1.10. The molecular formula is C9H17N3O2. The van der Waals surface area contributed by atoms with Crippen LogP contribution in [-0.2, 0) is 9.59 Å². The minimum atomic E-state index is 0.323. The number of hydrazine groups is 1. The lowest BCUT2D eigenvalue weighted by Crippen LogP contribution is -2.48. The van der Waals surface area contributed by atoms with Crippen LogP contribution in [0.25, 0.3) is 0 Å². The number of piperidine rings is 1. The van der Waals surface area contributed by atoms with Crippen LogP contribution in [-0.4, -0.2) is 61.0 Å². The number of nitrogens with zero attached hydrogens (tertiary/aromatic N) is 3. The first-order valence-electron chi connectivity index (χ1n) is 4.79. The van der Waals surface area contributed by atoms with Crippen LogP contribution in [0, 0.1) is 0 Å². The highest BCUT2D eigenvalue weighted by Crippen LogP contribution is 2.14. The van der Waals surface area contributed by atoms with Crippen LogP contribution in [0.4, 0.5) is 0 Å². The molecule has 0 radical (unpaired) electrons. The number of amides is 2. The van der Waals surface area contributed by atoms with Crippen LogP contribution >= 0.6 is 0 Å². The third-order valence-corrected chi connectivity index (χ3v) is 2.78. The molecule has 0 aliphatic carbocycles. The number of hydrogen-bond acceptors (Lipinski definition) is 3. The van der Waals surface area contributed by atoms with E-state index in [2.05, 4.69) is 0 Å². The summed E-state index contributed by atoms with van der Waals surface area (Å²) in [4.78, 5) is 22.7. The van der Waals surface area contributed by atoms with Gasteiger partial charge in [0.1, 0.15) is 0 Å². The van der Waals surface area contributed by atoms with Crippen LogP contribution in [0.1, 0.15) is 12.8 Å². The molecule has 1 heterocycles. The second-order valence-electron chi connectivity index (χ2n) is 3.63. The Balaban J connectivity index is 2.38. The molecule has 0 bridgehead atoms. The second kappa shape index (κ2) is 4.95. The Kier molecular flexibility index (Phi) is 3.88. The van der Waals surface area contributed by atoms with Gasteiger partial charge in [0.2, 0.25) is 12.8 Å². The van der Waals surface area contributed by atoms with E-state index in [4.69, 9.17) is 0 Å². The zero-order chi connectivity index (χ0) is 10.6. The van der Waals surface area contributed by atoms with Gasteiger partial charge in [0, 0.05) is 33.2 Å². The summed E-state index contributed by atoms with van der Waals surface area (Å²) in [6.45, 7) is 1.66. The topological polar surface area (TPSA) is 43.9 Å². The average Bonchev–Trinajstić information content (AvgIpc) is 2.27. The van der Waals surface area contributed by atoms with Crippen molar-refractivity contribution in [2.75, 3.05) is 27.2 Å². The van der Waals surface area contributed by atoms with E-state index < -0.39 is 0 Å². The van der Waals surface area contributed by atoms with E-state index in [0.717, 1.165) is 38.8 Å². The molecular weight excluding hydrogens is 182 g/mol. The summed E-state index contributed by atoms with van der Waals surface area (Å²) in [6.07, 6.45) is 3.52. The fourth-order valence-electron chi connectivity index (χ4n) is 1.73. The summed E-state index contributed by atoms with van der Waals surface area (Å²) in [5.74, 6) is 0. The van der Waals surface area contributed by atoms with Gasteiger partial charge in [-0.2, -0.15) is 0 Å². The van der Waals surface area contributed by atoms with E-state index >= 15 is 0 Å². The quantitative estimate of drug-likeness (QED) is 0.576. The Bertz CT molecular complexity index is 180. The smallest absolute Gasteiger partial charge is 0.223 e. The number of rotatable bonds is 4. The first-order chi connectivity index (χ1) is 6.69. The molecule has 1 aliphatic rings. The molecule has 5 heteroatoms. The molecule has 1 saturated heterocycles. The predicted octanol–water partition coefficient (Wildman–Crippen LogP) is -0.458. The SMILES string of the molecule is CN(C=O)C1CCN(N(C)C=O)CC1. The number of hydrogen-bond donors (Lipinski definition) is 0. The Morgan fingerprint density at radius 2 is 1.71 bits per heavy atom. The molecule has 0 aromatic rings. The number of carbonyl (C=O) groups excluding carboxylic acids is 2. The van der Waals surface area contributed by atoms with Crippen molar-refractivity contribution in [1.82, 2.24) is 14.9 Å². The van der Waals surface area contributed by atoms with Gasteiger partial charge in [-0.25, -0.2) is 5.01 Å². The van der Waals surface area contributed by atoms with Gasteiger partial charge in [0.15, 0.2) is 0 Å². The summed E-state index contributed by atoms with van der Waals surface area (Å²) in [6, 6.07) is 0.323. The molecule has 0 saturated carbocycles. The summed E-state index contributed by atoms with van der Waals surface area (Å²) < 4.78 is 0. The lowest BCUT2D eigenvalue weighted by Gasteiger charge is -2.37. The van der Waals surface area contributed by atoms with Crippen molar-refractivity contribution in [2.45, 2.75) is 18.9 Å². The lowest BCUT2D eigenvalue weighted by atomic mass is 10.1. The molecule has 5 nitrogen and oxygen atoms in total. The van der Waals surface area contributed by atoms with Gasteiger partial charge in [-0.05, 0) is 12.8 Å². The van der Waals surface area contributed by atoms with Gasteiger partial charge in [-0.3, -0.25) is 14.6 Å². The van der Waals surface area contributed by atoms with Crippen molar-refractivity contribution >= 4 is 12.8 Å². The maximum atomic E-state index is 10.5. The van der Waals surface area contributed by atoms with E-state index in [9.17, 15) is 9.59 Å². The first-order valence-corrected chi connectivity index (χ1v) is 4.79. The molecule has 0 spiro atoms. The van der Waals surface area contributed by atoms with Gasteiger partial charge in [-0.15, -0.1) is 0 Å². The van der Waals surface area contributed by atoms with Gasteiger partial charge >= 0.3 is 0 Å². The largest absolute Gasteiger partial charge is 0.345 e. The van der Waals surface area contributed by atoms with Crippen molar-refractivity contribution in [1.29, 1.82) is 0 Å². The maximum Gasteiger partial charge on any atom is 0.223 e. The van der Waals surface area contributed by atoms with E-state index in [0.29, 0.717) is 6.04 Å². The Morgan fingerprint density at radius 3 is 2.14 bits per heavy atom. The molecule has 14 heavy (non-hydrogen) atoms. The third kappa shape index (κ3) is 2.45. The summed E-state index contributed by atoms with van der Waals surface area (Å²) in [7, 11) is 3.55. The molecule has 0 aromatic heterocycles. The summed E-state index contributed by atoms with van der Waals surface area (Å²) >= 11 is 0. The monoisotopic (exact) mass is 199 g/mol. The third-order valence-electron chi connectivity index (χ3n) is 2.78. The predicted molar refractivity (Wildman–Crippen MR) is 52.2 cm³/mol. The molecule has 1 fully saturated rings. The highest BCUT2D eigenvalue weighted by molar-refractivity contribution is 5.47. The maximum absolute atomic E-state index is 10.5. The molecule has 80 valence electrons. The molecule has 0 unspecified atom stereocenters. The fraction of sp³-hybridized carbons (Fsp3) is 0.778. The molecule has 0 aromatic carbocycles. The zero-order valence-corrected chi connectivity index (χ0v) is 8.72. The molecule has 0 atom stereocenters. The highest BCUT2D eigenvalue weighted by atomic mass is 16.1. The molecule has 1 rings (SSSR count). The van der Waals surface area contributed by atoms with E-state index in [1.54, 1.807) is 24.0 Å². The van der Waals surface area contributed by atoms with Crippen LogP contribution in [0.15, 0.2) is 0 Å². The van der Waals surface area contributed by atoms with Crippen molar-refractivity contribution in [3.63, 3.8) is 0 Å². The van der Waals surface area contributed by atoms with Crippen molar-refractivity contribution < 1.29 is 9.59 Å². The van der Waals surface area contributed by atoms with E-state index in [1.165, 1.54) is 0 Å². The van der Waals surface area contributed by atoms with Gasteiger partial charge < -0.3 is 4.90 Å².